The highest BCUT2D eigenvalue weighted by atomic mass is 32.1. The Morgan fingerprint density at radius 1 is 1.09 bits per heavy atom. The highest BCUT2D eigenvalue weighted by Crippen LogP contribution is 2.29. The summed E-state index contributed by atoms with van der Waals surface area (Å²) in [5, 5.41) is 12.6. The third-order valence-electron chi connectivity index (χ3n) is 5.21. The number of hydrogen-bond acceptors (Lipinski definition) is 4. The summed E-state index contributed by atoms with van der Waals surface area (Å²) < 4.78 is 13.9. The van der Waals surface area contributed by atoms with Crippen molar-refractivity contribution in [2.45, 2.75) is 20.3 Å². The molecule has 0 unspecified atom stereocenters. The molecule has 1 aromatic heterocycles. The van der Waals surface area contributed by atoms with Crippen LogP contribution in [0.3, 0.4) is 0 Å². The van der Waals surface area contributed by atoms with E-state index in [4.69, 9.17) is 5.26 Å². The minimum absolute atomic E-state index is 0.0189. The number of aromatic nitrogens is 1. The van der Waals surface area contributed by atoms with Crippen molar-refractivity contribution in [3.8, 4) is 16.6 Å². The van der Waals surface area contributed by atoms with Crippen molar-refractivity contribution in [3.05, 3.63) is 105 Å². The van der Waals surface area contributed by atoms with Gasteiger partial charge in [0.05, 0.1) is 5.56 Å². The van der Waals surface area contributed by atoms with Gasteiger partial charge in [-0.2, -0.15) is 5.26 Å². The lowest BCUT2D eigenvalue weighted by molar-refractivity contribution is 0.102. The summed E-state index contributed by atoms with van der Waals surface area (Å²) in [5.41, 5.74) is 5.04. The van der Waals surface area contributed by atoms with Gasteiger partial charge in [0, 0.05) is 34.3 Å². The number of benzene rings is 3. The number of rotatable bonds is 5. The van der Waals surface area contributed by atoms with Crippen molar-refractivity contribution in [2.75, 3.05) is 5.32 Å². The number of halogens is 1. The highest BCUT2D eigenvalue weighted by molar-refractivity contribution is 7.15. The molecule has 6 heteroatoms. The van der Waals surface area contributed by atoms with Crippen molar-refractivity contribution in [3.63, 3.8) is 0 Å². The Hall–Kier alpha value is -3.82. The van der Waals surface area contributed by atoms with Crippen LogP contribution in [-0.2, 0) is 6.42 Å². The maximum Gasteiger partial charge on any atom is 0.255 e. The zero-order valence-corrected chi connectivity index (χ0v) is 18.5. The van der Waals surface area contributed by atoms with Gasteiger partial charge in [0.2, 0.25) is 0 Å². The van der Waals surface area contributed by atoms with Gasteiger partial charge >= 0.3 is 0 Å². The number of carbonyl (C=O) groups is 1. The summed E-state index contributed by atoms with van der Waals surface area (Å²) in [7, 11) is 0. The minimum Gasteiger partial charge on any atom is -0.322 e. The van der Waals surface area contributed by atoms with Crippen LogP contribution >= 0.6 is 11.3 Å². The minimum atomic E-state index is -0.547. The molecule has 0 aliphatic carbocycles. The van der Waals surface area contributed by atoms with Crippen molar-refractivity contribution in [2.24, 2.45) is 0 Å². The molecule has 0 aliphatic rings. The molecule has 0 aliphatic heterocycles. The first-order valence-corrected chi connectivity index (χ1v) is 10.9. The lowest BCUT2D eigenvalue weighted by atomic mass is 10.1. The van der Waals surface area contributed by atoms with Gasteiger partial charge in [0.1, 0.15) is 16.9 Å². The number of hydrogen-bond donors (Lipinski definition) is 1. The summed E-state index contributed by atoms with van der Waals surface area (Å²) in [5.74, 6) is -0.680. The molecule has 0 fully saturated rings. The van der Waals surface area contributed by atoms with Gasteiger partial charge in [-0.05, 0) is 54.8 Å². The fourth-order valence-corrected chi connectivity index (χ4v) is 4.34. The third-order valence-corrected chi connectivity index (χ3v) is 6.25. The molecule has 32 heavy (non-hydrogen) atoms. The molecule has 4 aromatic rings. The lowest BCUT2D eigenvalue weighted by Gasteiger charge is -2.11. The van der Waals surface area contributed by atoms with E-state index in [0.717, 1.165) is 27.3 Å². The molecule has 4 rings (SSSR count). The van der Waals surface area contributed by atoms with Crippen LogP contribution < -0.4 is 5.32 Å². The predicted octanol–water partition coefficient (Wildman–Crippen LogP) is 6.28. The van der Waals surface area contributed by atoms with Crippen molar-refractivity contribution in [1.82, 2.24) is 4.98 Å². The number of anilines is 1. The molecule has 0 saturated heterocycles. The smallest absolute Gasteiger partial charge is 0.255 e. The first-order chi connectivity index (χ1) is 15.4. The molecule has 0 radical (unpaired) electrons. The molecule has 1 N–H and O–H groups in total. The molecule has 158 valence electrons. The zero-order chi connectivity index (χ0) is 22.7. The number of aryl methyl sites for hydroxylation is 2. The summed E-state index contributed by atoms with van der Waals surface area (Å²) in [6, 6.07) is 19.8. The number of nitrogens with zero attached hydrogens (tertiary/aromatic N) is 2. The fraction of sp³-hybridized carbons (Fsp3) is 0.115. The zero-order valence-electron chi connectivity index (χ0n) is 17.6. The second-order valence-corrected chi connectivity index (χ2v) is 8.65. The SMILES string of the molecule is Cc1ccc(Cc2cnc(-c3ccc(C#N)c(F)c3)s2)cc1NC(=O)c1ccccc1C. The van der Waals surface area contributed by atoms with E-state index in [2.05, 4.69) is 10.3 Å². The normalized spacial score (nSPS) is 10.6. The number of nitrogens with one attached hydrogen (secondary N) is 1. The Morgan fingerprint density at radius 3 is 2.66 bits per heavy atom. The van der Waals surface area contributed by atoms with E-state index in [1.807, 2.05) is 62.4 Å². The molecular weight excluding hydrogens is 421 g/mol. The first kappa shape index (κ1) is 21.4. The first-order valence-electron chi connectivity index (χ1n) is 10.1. The second kappa shape index (κ2) is 9.13. The quantitative estimate of drug-likeness (QED) is 0.396. The van der Waals surface area contributed by atoms with Crippen LogP contribution in [0.1, 0.15) is 37.5 Å². The Balaban J connectivity index is 1.52. The van der Waals surface area contributed by atoms with Gasteiger partial charge in [-0.25, -0.2) is 9.37 Å². The van der Waals surface area contributed by atoms with Gasteiger partial charge in [0.15, 0.2) is 0 Å². The van der Waals surface area contributed by atoms with Crippen LogP contribution in [0.5, 0.6) is 0 Å². The van der Waals surface area contributed by atoms with E-state index >= 15 is 0 Å². The topological polar surface area (TPSA) is 65.8 Å². The molecule has 0 atom stereocenters. The van der Waals surface area contributed by atoms with E-state index in [1.54, 1.807) is 12.3 Å². The summed E-state index contributed by atoms with van der Waals surface area (Å²) >= 11 is 1.48. The Kier molecular flexibility index (Phi) is 6.11. The van der Waals surface area contributed by atoms with Crippen LogP contribution in [0.4, 0.5) is 10.1 Å². The van der Waals surface area contributed by atoms with Crippen LogP contribution in [0.2, 0.25) is 0 Å². The third kappa shape index (κ3) is 4.58. The molecule has 0 saturated carbocycles. The van der Waals surface area contributed by atoms with E-state index in [9.17, 15) is 9.18 Å². The lowest BCUT2D eigenvalue weighted by Crippen LogP contribution is -2.14. The van der Waals surface area contributed by atoms with Crippen molar-refractivity contribution >= 4 is 22.9 Å². The van der Waals surface area contributed by atoms with Crippen molar-refractivity contribution < 1.29 is 9.18 Å². The average Bonchev–Trinajstić information content (AvgIpc) is 3.24. The van der Waals surface area contributed by atoms with Crippen LogP contribution in [-0.4, -0.2) is 10.9 Å². The Morgan fingerprint density at radius 2 is 1.91 bits per heavy atom. The predicted molar refractivity (Wildman–Crippen MR) is 125 cm³/mol. The van der Waals surface area contributed by atoms with E-state index < -0.39 is 5.82 Å². The van der Waals surface area contributed by atoms with Gasteiger partial charge < -0.3 is 5.32 Å². The van der Waals surface area contributed by atoms with Crippen LogP contribution in [0.15, 0.2) is 66.9 Å². The van der Waals surface area contributed by atoms with Gasteiger partial charge in [-0.15, -0.1) is 11.3 Å². The van der Waals surface area contributed by atoms with Crippen LogP contribution in [0, 0.1) is 31.0 Å². The van der Waals surface area contributed by atoms with Gasteiger partial charge in [-0.3, -0.25) is 4.79 Å². The molecule has 1 heterocycles. The maximum absolute atomic E-state index is 13.9. The number of carbonyl (C=O) groups excluding carboxylic acids is 1. The molecular formula is C26H20FN3OS. The molecule has 0 spiro atoms. The monoisotopic (exact) mass is 441 g/mol. The fourth-order valence-electron chi connectivity index (χ4n) is 3.39. The molecule has 1 amide bonds. The average molecular weight is 442 g/mol. The maximum atomic E-state index is 13.9. The Labute approximate surface area is 190 Å². The van der Waals surface area contributed by atoms with E-state index in [0.29, 0.717) is 22.6 Å². The number of amides is 1. The number of nitriles is 1. The molecule has 3 aromatic carbocycles. The Bertz CT molecular complexity index is 1350. The standard InChI is InChI=1S/C26H20FN3OS/c1-16-5-3-4-6-22(16)25(31)30-24-12-18(8-7-17(24)2)11-21-15-29-26(32-21)19-9-10-20(14-28)23(27)13-19/h3-10,12-13,15H,11H2,1-2H3,(H,30,31). The molecule has 4 nitrogen and oxygen atoms in total. The van der Waals surface area contributed by atoms with Gasteiger partial charge in [0.25, 0.3) is 5.91 Å². The number of thiazole rings is 1. The van der Waals surface area contributed by atoms with Crippen molar-refractivity contribution in [1.29, 1.82) is 5.26 Å². The highest BCUT2D eigenvalue weighted by Gasteiger charge is 2.12. The second-order valence-electron chi connectivity index (χ2n) is 7.53. The summed E-state index contributed by atoms with van der Waals surface area (Å²) in [6.45, 7) is 3.88. The van der Waals surface area contributed by atoms with E-state index in [-0.39, 0.29) is 11.5 Å². The van der Waals surface area contributed by atoms with E-state index in [1.165, 1.54) is 23.5 Å². The summed E-state index contributed by atoms with van der Waals surface area (Å²) in [4.78, 5) is 18.2. The summed E-state index contributed by atoms with van der Waals surface area (Å²) in [6.07, 6.45) is 2.42. The largest absolute Gasteiger partial charge is 0.322 e. The van der Waals surface area contributed by atoms with Crippen LogP contribution in [0.25, 0.3) is 10.6 Å². The van der Waals surface area contributed by atoms with Gasteiger partial charge in [-0.1, -0.05) is 36.4 Å². The molecule has 0 bridgehead atoms.